The zero-order chi connectivity index (χ0) is 13.7. The first kappa shape index (κ1) is 15.8. The Morgan fingerprint density at radius 3 is 2.28 bits per heavy atom. The van der Waals surface area contributed by atoms with Gasteiger partial charge in [-0.05, 0) is 30.0 Å². The van der Waals surface area contributed by atoms with Crippen LogP contribution in [0.5, 0.6) is 0 Å². The highest BCUT2D eigenvalue weighted by atomic mass is 35.5. The molecule has 0 fully saturated rings. The van der Waals surface area contributed by atoms with Crippen LogP contribution in [0.1, 0.15) is 38.2 Å². The molecule has 0 spiro atoms. The van der Waals surface area contributed by atoms with Gasteiger partial charge in [-0.1, -0.05) is 49.5 Å². The fourth-order valence-corrected chi connectivity index (χ4v) is 2.99. The number of hydrogen-bond acceptors (Lipinski definition) is 2. The molecule has 3 unspecified atom stereocenters. The summed E-state index contributed by atoms with van der Waals surface area (Å²) in [6, 6.07) is 5.36. The van der Waals surface area contributed by atoms with Gasteiger partial charge in [0.05, 0.1) is 6.10 Å². The highest BCUT2D eigenvalue weighted by molar-refractivity contribution is 6.36. The van der Waals surface area contributed by atoms with Gasteiger partial charge in [0, 0.05) is 22.5 Å². The van der Waals surface area contributed by atoms with E-state index in [1.165, 1.54) is 0 Å². The second-order valence-corrected chi connectivity index (χ2v) is 5.55. The molecule has 0 aliphatic rings. The van der Waals surface area contributed by atoms with Gasteiger partial charge in [-0.15, -0.1) is 0 Å². The van der Waals surface area contributed by atoms with Gasteiger partial charge in [0.2, 0.25) is 0 Å². The van der Waals surface area contributed by atoms with E-state index < -0.39 is 6.10 Å². The third-order valence-electron chi connectivity index (χ3n) is 3.36. The molecule has 3 atom stereocenters. The summed E-state index contributed by atoms with van der Waals surface area (Å²) in [4.78, 5) is 0. The van der Waals surface area contributed by atoms with Crippen LogP contribution in [-0.2, 0) is 0 Å². The third kappa shape index (κ3) is 3.61. The third-order valence-corrected chi connectivity index (χ3v) is 4.02. The van der Waals surface area contributed by atoms with Crippen molar-refractivity contribution >= 4 is 23.2 Å². The van der Waals surface area contributed by atoms with Gasteiger partial charge >= 0.3 is 0 Å². The van der Waals surface area contributed by atoms with E-state index in [4.69, 9.17) is 28.9 Å². The Kier molecular flexibility index (Phi) is 6.44. The lowest BCUT2D eigenvalue weighted by Gasteiger charge is -2.28. The molecular formula is C14H21Cl2NO. The van der Waals surface area contributed by atoms with Crippen molar-refractivity contribution in [3.8, 4) is 0 Å². The summed E-state index contributed by atoms with van der Waals surface area (Å²) in [6.07, 6.45) is 1.47. The molecular weight excluding hydrogens is 269 g/mol. The number of aliphatic hydroxyl groups is 1. The minimum absolute atomic E-state index is 0.177. The lowest BCUT2D eigenvalue weighted by Crippen LogP contribution is -2.31. The average molecular weight is 290 g/mol. The van der Waals surface area contributed by atoms with E-state index >= 15 is 0 Å². The van der Waals surface area contributed by atoms with E-state index in [9.17, 15) is 5.11 Å². The summed E-state index contributed by atoms with van der Waals surface area (Å²) >= 11 is 12.4. The largest absolute Gasteiger partial charge is 0.392 e. The Labute approximate surface area is 119 Å². The first-order valence-corrected chi connectivity index (χ1v) is 7.10. The smallest absolute Gasteiger partial charge is 0.0647 e. The molecule has 0 aromatic heterocycles. The standard InChI is InChI=1S/C14H21Cl2NO/c1-3-5-9(2)14(18)10(8-17)13-11(15)6-4-7-12(13)16/h4,6-7,9-10,14,18H,3,5,8,17H2,1-2H3. The van der Waals surface area contributed by atoms with Crippen LogP contribution in [0.4, 0.5) is 0 Å². The molecule has 0 amide bonds. The number of hydrogen-bond donors (Lipinski definition) is 2. The Balaban J connectivity index is 3.02. The van der Waals surface area contributed by atoms with Gasteiger partial charge in [0.25, 0.3) is 0 Å². The molecule has 0 radical (unpaired) electrons. The fraction of sp³-hybridized carbons (Fsp3) is 0.571. The summed E-state index contributed by atoms with van der Waals surface area (Å²) in [5.41, 5.74) is 6.56. The van der Waals surface area contributed by atoms with Crippen molar-refractivity contribution in [2.24, 2.45) is 11.7 Å². The molecule has 1 rings (SSSR count). The lowest BCUT2D eigenvalue weighted by atomic mass is 9.84. The molecule has 0 bridgehead atoms. The monoisotopic (exact) mass is 289 g/mol. The minimum atomic E-state index is -0.521. The maximum absolute atomic E-state index is 10.4. The van der Waals surface area contributed by atoms with Gasteiger partial charge in [-0.25, -0.2) is 0 Å². The normalized spacial score (nSPS) is 16.3. The van der Waals surface area contributed by atoms with Crippen LogP contribution in [0, 0.1) is 5.92 Å². The van der Waals surface area contributed by atoms with Crippen molar-refractivity contribution in [2.75, 3.05) is 6.54 Å². The minimum Gasteiger partial charge on any atom is -0.392 e. The van der Waals surface area contributed by atoms with Gasteiger partial charge in [-0.3, -0.25) is 0 Å². The van der Waals surface area contributed by atoms with E-state index in [1.807, 2.05) is 6.92 Å². The molecule has 0 saturated heterocycles. The van der Waals surface area contributed by atoms with Crippen molar-refractivity contribution < 1.29 is 5.11 Å². The predicted molar refractivity (Wildman–Crippen MR) is 78.3 cm³/mol. The van der Waals surface area contributed by atoms with E-state index in [2.05, 4.69) is 6.92 Å². The van der Waals surface area contributed by atoms with Gasteiger partial charge in [-0.2, -0.15) is 0 Å². The van der Waals surface area contributed by atoms with Crippen molar-refractivity contribution in [1.82, 2.24) is 0 Å². The molecule has 0 saturated carbocycles. The van der Waals surface area contributed by atoms with Crippen LogP contribution in [0.25, 0.3) is 0 Å². The SMILES string of the molecule is CCCC(C)C(O)C(CN)c1c(Cl)cccc1Cl. The quantitative estimate of drug-likeness (QED) is 0.836. The Hall–Kier alpha value is -0.280. The molecule has 2 nitrogen and oxygen atoms in total. The molecule has 3 N–H and O–H groups in total. The van der Waals surface area contributed by atoms with Crippen molar-refractivity contribution in [1.29, 1.82) is 0 Å². The highest BCUT2D eigenvalue weighted by Gasteiger charge is 2.27. The number of rotatable bonds is 6. The Bertz CT molecular complexity index is 364. The second kappa shape index (κ2) is 7.34. The van der Waals surface area contributed by atoms with E-state index in [0.717, 1.165) is 18.4 Å². The van der Waals surface area contributed by atoms with Crippen LogP contribution in [-0.4, -0.2) is 17.8 Å². The zero-order valence-corrected chi connectivity index (χ0v) is 12.4. The van der Waals surface area contributed by atoms with Crippen LogP contribution in [0.3, 0.4) is 0 Å². The predicted octanol–water partition coefficient (Wildman–Crippen LogP) is 3.83. The Morgan fingerprint density at radius 1 is 1.28 bits per heavy atom. The van der Waals surface area contributed by atoms with Crippen LogP contribution < -0.4 is 5.73 Å². The number of halogens is 2. The summed E-state index contributed by atoms with van der Waals surface area (Å²) in [5.74, 6) is -0.0383. The van der Waals surface area contributed by atoms with Gasteiger partial charge in [0.15, 0.2) is 0 Å². The molecule has 1 aromatic rings. The molecule has 102 valence electrons. The molecule has 18 heavy (non-hydrogen) atoms. The molecule has 1 aromatic carbocycles. The topological polar surface area (TPSA) is 46.2 Å². The second-order valence-electron chi connectivity index (χ2n) is 4.73. The van der Waals surface area contributed by atoms with Gasteiger partial charge in [0.1, 0.15) is 0 Å². The molecule has 0 aliphatic heterocycles. The molecule has 0 aliphatic carbocycles. The van der Waals surface area contributed by atoms with Crippen molar-refractivity contribution in [2.45, 2.75) is 38.7 Å². The van der Waals surface area contributed by atoms with Crippen LogP contribution in [0.15, 0.2) is 18.2 Å². The lowest BCUT2D eigenvalue weighted by molar-refractivity contribution is 0.0859. The summed E-state index contributed by atoms with van der Waals surface area (Å²) in [7, 11) is 0. The number of benzene rings is 1. The van der Waals surface area contributed by atoms with E-state index in [0.29, 0.717) is 16.6 Å². The fourth-order valence-electron chi connectivity index (χ4n) is 2.32. The zero-order valence-electron chi connectivity index (χ0n) is 10.9. The number of aliphatic hydroxyl groups excluding tert-OH is 1. The van der Waals surface area contributed by atoms with Crippen molar-refractivity contribution in [3.63, 3.8) is 0 Å². The van der Waals surface area contributed by atoms with E-state index in [1.54, 1.807) is 18.2 Å². The van der Waals surface area contributed by atoms with Crippen LogP contribution in [0.2, 0.25) is 10.0 Å². The average Bonchev–Trinajstić information content (AvgIpc) is 2.33. The first-order valence-electron chi connectivity index (χ1n) is 6.34. The molecule has 0 heterocycles. The van der Waals surface area contributed by atoms with Gasteiger partial charge < -0.3 is 10.8 Å². The number of nitrogens with two attached hydrogens (primary N) is 1. The highest BCUT2D eigenvalue weighted by Crippen LogP contribution is 2.35. The summed E-state index contributed by atoms with van der Waals surface area (Å²) < 4.78 is 0. The molecule has 4 heteroatoms. The van der Waals surface area contributed by atoms with E-state index in [-0.39, 0.29) is 11.8 Å². The summed E-state index contributed by atoms with van der Waals surface area (Å²) in [6.45, 7) is 4.46. The first-order chi connectivity index (χ1) is 8.52. The maximum atomic E-state index is 10.4. The Morgan fingerprint density at radius 2 is 1.83 bits per heavy atom. The summed E-state index contributed by atoms with van der Waals surface area (Å²) in [5, 5.41) is 11.6. The van der Waals surface area contributed by atoms with Crippen LogP contribution >= 0.6 is 23.2 Å². The van der Waals surface area contributed by atoms with Crippen molar-refractivity contribution in [3.05, 3.63) is 33.8 Å². The maximum Gasteiger partial charge on any atom is 0.0647 e.